The van der Waals surface area contributed by atoms with Crippen molar-refractivity contribution in [2.75, 3.05) is 7.11 Å². The Morgan fingerprint density at radius 2 is 1.69 bits per heavy atom. The smallest absolute Gasteiger partial charge is 0.0637 e. The van der Waals surface area contributed by atoms with E-state index < -0.39 is 0 Å². The van der Waals surface area contributed by atoms with Crippen LogP contribution < -0.4 is 5.73 Å². The molecule has 1 aliphatic carbocycles. The predicted octanol–water partition coefficient (Wildman–Crippen LogP) is 3.20. The van der Waals surface area contributed by atoms with E-state index in [1.165, 1.54) is 19.3 Å². The van der Waals surface area contributed by atoms with Crippen LogP contribution in [0.5, 0.6) is 0 Å². The molecule has 3 unspecified atom stereocenters. The molecule has 0 aromatic heterocycles. The maximum atomic E-state index is 6.35. The molecule has 0 spiro atoms. The third kappa shape index (κ3) is 4.06. The van der Waals surface area contributed by atoms with E-state index in [4.69, 9.17) is 10.5 Å². The molecule has 3 atom stereocenters. The molecule has 1 saturated carbocycles. The van der Waals surface area contributed by atoms with Gasteiger partial charge in [0.1, 0.15) is 0 Å². The standard InChI is InChI=1S/C14H29NO/c1-10-6-11(2)8-12(7-10)13(15)9-14(3,4)16-5/h10-13H,6-9,15H2,1-5H3. The summed E-state index contributed by atoms with van der Waals surface area (Å²) in [7, 11) is 1.78. The zero-order chi connectivity index (χ0) is 12.3. The highest BCUT2D eigenvalue weighted by Crippen LogP contribution is 2.36. The third-order valence-corrected chi connectivity index (χ3v) is 4.10. The van der Waals surface area contributed by atoms with Crippen LogP contribution in [-0.2, 0) is 4.74 Å². The van der Waals surface area contributed by atoms with E-state index in [-0.39, 0.29) is 5.60 Å². The lowest BCUT2D eigenvalue weighted by atomic mass is 9.72. The molecule has 0 saturated heterocycles. The van der Waals surface area contributed by atoms with Crippen molar-refractivity contribution in [1.29, 1.82) is 0 Å². The van der Waals surface area contributed by atoms with Crippen LogP contribution in [0.4, 0.5) is 0 Å². The fraction of sp³-hybridized carbons (Fsp3) is 1.00. The Labute approximate surface area is 101 Å². The van der Waals surface area contributed by atoms with E-state index in [1.54, 1.807) is 7.11 Å². The summed E-state index contributed by atoms with van der Waals surface area (Å²) in [6, 6.07) is 0.292. The Morgan fingerprint density at radius 1 is 1.19 bits per heavy atom. The fourth-order valence-electron chi connectivity index (χ4n) is 3.18. The number of methoxy groups -OCH3 is 1. The van der Waals surface area contributed by atoms with E-state index in [0.717, 1.165) is 18.3 Å². The van der Waals surface area contributed by atoms with E-state index >= 15 is 0 Å². The Kier molecular flexibility index (Phi) is 4.81. The molecule has 0 radical (unpaired) electrons. The molecule has 0 aromatic carbocycles. The van der Waals surface area contributed by atoms with E-state index in [2.05, 4.69) is 27.7 Å². The van der Waals surface area contributed by atoms with Gasteiger partial charge in [-0.15, -0.1) is 0 Å². The van der Waals surface area contributed by atoms with Crippen LogP contribution in [0.2, 0.25) is 0 Å². The fourth-order valence-corrected chi connectivity index (χ4v) is 3.18. The Morgan fingerprint density at radius 3 is 2.12 bits per heavy atom. The molecule has 96 valence electrons. The molecule has 2 N–H and O–H groups in total. The average molecular weight is 227 g/mol. The lowest BCUT2D eigenvalue weighted by Gasteiger charge is -2.37. The maximum absolute atomic E-state index is 6.35. The molecule has 16 heavy (non-hydrogen) atoms. The van der Waals surface area contributed by atoms with Crippen molar-refractivity contribution in [3.63, 3.8) is 0 Å². The zero-order valence-electron chi connectivity index (χ0n) is 11.6. The van der Waals surface area contributed by atoms with Gasteiger partial charge in [0.2, 0.25) is 0 Å². The number of hydrogen-bond acceptors (Lipinski definition) is 2. The van der Waals surface area contributed by atoms with E-state index in [0.29, 0.717) is 12.0 Å². The summed E-state index contributed by atoms with van der Waals surface area (Å²) in [4.78, 5) is 0. The van der Waals surface area contributed by atoms with Gasteiger partial charge in [0.25, 0.3) is 0 Å². The highest BCUT2D eigenvalue weighted by molar-refractivity contribution is 4.86. The van der Waals surface area contributed by atoms with Gasteiger partial charge < -0.3 is 10.5 Å². The average Bonchev–Trinajstić information content (AvgIpc) is 2.15. The zero-order valence-corrected chi connectivity index (χ0v) is 11.6. The van der Waals surface area contributed by atoms with Crippen LogP contribution in [0.15, 0.2) is 0 Å². The first-order valence-electron chi connectivity index (χ1n) is 6.65. The predicted molar refractivity (Wildman–Crippen MR) is 69.3 cm³/mol. The van der Waals surface area contributed by atoms with E-state index in [9.17, 15) is 0 Å². The Hall–Kier alpha value is -0.0800. The summed E-state index contributed by atoms with van der Waals surface area (Å²) in [5.41, 5.74) is 6.27. The first-order chi connectivity index (χ1) is 7.34. The van der Waals surface area contributed by atoms with Crippen molar-refractivity contribution in [1.82, 2.24) is 0 Å². The molecule has 0 amide bonds. The van der Waals surface area contributed by atoms with Crippen LogP contribution in [0.3, 0.4) is 0 Å². The summed E-state index contributed by atoms with van der Waals surface area (Å²) >= 11 is 0. The number of ether oxygens (including phenoxy) is 1. The van der Waals surface area contributed by atoms with Crippen molar-refractivity contribution < 1.29 is 4.74 Å². The minimum absolute atomic E-state index is 0.0800. The first-order valence-corrected chi connectivity index (χ1v) is 6.65. The van der Waals surface area contributed by atoms with Gasteiger partial charge in [-0.2, -0.15) is 0 Å². The SMILES string of the molecule is COC(C)(C)CC(N)C1CC(C)CC(C)C1. The normalized spacial score (nSPS) is 33.8. The maximum Gasteiger partial charge on any atom is 0.0637 e. The van der Waals surface area contributed by atoms with Gasteiger partial charge in [-0.1, -0.05) is 13.8 Å². The number of hydrogen-bond donors (Lipinski definition) is 1. The van der Waals surface area contributed by atoms with Crippen LogP contribution in [0.25, 0.3) is 0 Å². The van der Waals surface area contributed by atoms with Crippen LogP contribution in [0.1, 0.15) is 53.4 Å². The van der Waals surface area contributed by atoms with Crippen molar-refractivity contribution in [3.8, 4) is 0 Å². The molecule has 1 fully saturated rings. The summed E-state index contributed by atoms with van der Waals surface area (Å²) in [5.74, 6) is 2.36. The molecule has 0 aliphatic heterocycles. The first kappa shape index (κ1) is 14.0. The van der Waals surface area contributed by atoms with Gasteiger partial charge in [0.15, 0.2) is 0 Å². The third-order valence-electron chi connectivity index (χ3n) is 4.10. The quantitative estimate of drug-likeness (QED) is 0.800. The molecule has 0 bridgehead atoms. The summed E-state index contributed by atoms with van der Waals surface area (Å²) < 4.78 is 5.47. The second-order valence-corrected chi connectivity index (χ2v) is 6.51. The highest BCUT2D eigenvalue weighted by Gasteiger charge is 2.31. The van der Waals surface area contributed by atoms with Crippen LogP contribution in [0, 0.1) is 17.8 Å². The molecule has 2 nitrogen and oxygen atoms in total. The van der Waals surface area contributed by atoms with Gasteiger partial charge in [-0.3, -0.25) is 0 Å². The van der Waals surface area contributed by atoms with Gasteiger partial charge in [-0.25, -0.2) is 0 Å². The minimum atomic E-state index is -0.0800. The molecule has 0 aromatic rings. The number of nitrogens with two attached hydrogens (primary N) is 1. The topological polar surface area (TPSA) is 35.2 Å². The van der Waals surface area contributed by atoms with Crippen molar-refractivity contribution in [2.45, 2.75) is 65.0 Å². The summed E-state index contributed by atoms with van der Waals surface area (Å²) in [5, 5.41) is 0. The van der Waals surface area contributed by atoms with Gasteiger partial charge in [0, 0.05) is 13.2 Å². The lowest BCUT2D eigenvalue weighted by Crippen LogP contribution is -2.41. The molecule has 0 heterocycles. The van der Waals surface area contributed by atoms with Crippen molar-refractivity contribution in [2.24, 2.45) is 23.5 Å². The monoisotopic (exact) mass is 227 g/mol. The van der Waals surface area contributed by atoms with Gasteiger partial charge in [-0.05, 0) is 57.3 Å². The minimum Gasteiger partial charge on any atom is -0.379 e. The lowest BCUT2D eigenvalue weighted by molar-refractivity contribution is 0.00131. The van der Waals surface area contributed by atoms with Crippen LogP contribution in [-0.4, -0.2) is 18.8 Å². The molecule has 1 rings (SSSR count). The molecule has 2 heteroatoms. The highest BCUT2D eigenvalue weighted by atomic mass is 16.5. The van der Waals surface area contributed by atoms with Gasteiger partial charge >= 0.3 is 0 Å². The Bertz CT molecular complexity index is 205. The molecular weight excluding hydrogens is 198 g/mol. The molecule has 1 aliphatic rings. The van der Waals surface area contributed by atoms with Crippen molar-refractivity contribution in [3.05, 3.63) is 0 Å². The second-order valence-electron chi connectivity index (χ2n) is 6.51. The van der Waals surface area contributed by atoms with E-state index in [1.807, 2.05) is 0 Å². The molecular formula is C14H29NO. The summed E-state index contributed by atoms with van der Waals surface area (Å²) in [6.07, 6.45) is 4.93. The van der Waals surface area contributed by atoms with Crippen LogP contribution >= 0.6 is 0 Å². The Balaban J connectivity index is 2.50. The largest absolute Gasteiger partial charge is 0.379 e. The second kappa shape index (κ2) is 5.50. The summed E-state index contributed by atoms with van der Waals surface area (Å²) in [6.45, 7) is 8.97. The van der Waals surface area contributed by atoms with Crippen molar-refractivity contribution >= 4 is 0 Å². The number of rotatable bonds is 4. The van der Waals surface area contributed by atoms with Gasteiger partial charge in [0.05, 0.1) is 5.60 Å².